The number of nitrogens with one attached hydrogen (secondary N) is 1. The number of hydrogen-bond donors (Lipinski definition) is 1. The van der Waals surface area contributed by atoms with Crippen molar-refractivity contribution < 1.29 is 9.53 Å². The predicted molar refractivity (Wildman–Crippen MR) is 86.8 cm³/mol. The van der Waals surface area contributed by atoms with Crippen LogP contribution in [0.2, 0.25) is 0 Å². The van der Waals surface area contributed by atoms with Gasteiger partial charge in [-0.3, -0.25) is 5.32 Å². The van der Waals surface area contributed by atoms with Gasteiger partial charge in [0.2, 0.25) is 0 Å². The van der Waals surface area contributed by atoms with Crippen LogP contribution in [0.25, 0.3) is 0 Å². The van der Waals surface area contributed by atoms with Crippen LogP contribution >= 0.6 is 0 Å². The summed E-state index contributed by atoms with van der Waals surface area (Å²) in [5.41, 5.74) is 1.89. The monoisotopic (exact) mass is 312 g/mol. The van der Waals surface area contributed by atoms with Gasteiger partial charge in [-0.15, -0.1) is 0 Å². The summed E-state index contributed by atoms with van der Waals surface area (Å²) >= 11 is 0. The van der Waals surface area contributed by atoms with Gasteiger partial charge in [-0.1, -0.05) is 37.3 Å². The Balaban J connectivity index is 1.70. The number of carbonyl (C=O) groups excluding carboxylic acids is 1. The van der Waals surface area contributed by atoms with Crippen molar-refractivity contribution >= 4 is 11.8 Å². The quantitative estimate of drug-likeness (QED) is 0.942. The first-order valence-corrected chi connectivity index (χ1v) is 7.61. The van der Waals surface area contributed by atoms with Crippen LogP contribution in [-0.2, 0) is 11.3 Å². The number of anilines is 1. The molecule has 2 aromatic rings. The molecular formula is C17H20N4O2. The third kappa shape index (κ3) is 3.32. The number of urea groups is 1. The van der Waals surface area contributed by atoms with E-state index in [4.69, 9.17) is 4.74 Å². The van der Waals surface area contributed by atoms with Crippen molar-refractivity contribution in [3.05, 3.63) is 54.0 Å². The smallest absolute Gasteiger partial charge is 0.323 e. The van der Waals surface area contributed by atoms with Gasteiger partial charge < -0.3 is 9.64 Å². The normalized spacial score (nSPS) is 20.0. The Bertz CT molecular complexity index is 677. The van der Waals surface area contributed by atoms with Gasteiger partial charge in [0.05, 0.1) is 18.3 Å². The van der Waals surface area contributed by atoms with E-state index in [2.05, 4.69) is 34.3 Å². The van der Waals surface area contributed by atoms with Crippen LogP contribution < -0.4 is 5.32 Å². The molecule has 1 saturated heterocycles. The molecule has 120 valence electrons. The van der Waals surface area contributed by atoms with Crippen molar-refractivity contribution in [1.29, 1.82) is 0 Å². The topological polar surface area (TPSA) is 67.3 Å². The van der Waals surface area contributed by atoms with Gasteiger partial charge in [0.1, 0.15) is 12.1 Å². The molecule has 2 heterocycles. The number of rotatable bonds is 4. The van der Waals surface area contributed by atoms with E-state index in [9.17, 15) is 4.79 Å². The number of amides is 2. The first-order chi connectivity index (χ1) is 11.2. The van der Waals surface area contributed by atoms with Crippen molar-refractivity contribution in [3.63, 3.8) is 0 Å². The Morgan fingerprint density at radius 1 is 1.35 bits per heavy atom. The highest BCUT2D eigenvalue weighted by Gasteiger charge is 2.40. The van der Waals surface area contributed by atoms with Crippen LogP contribution in [0.3, 0.4) is 0 Å². The third-order valence-electron chi connectivity index (χ3n) is 4.01. The van der Waals surface area contributed by atoms with E-state index in [0.29, 0.717) is 18.3 Å². The molecule has 2 atom stereocenters. The summed E-state index contributed by atoms with van der Waals surface area (Å²) in [4.78, 5) is 22.5. The molecule has 1 aromatic carbocycles. The van der Waals surface area contributed by atoms with Crippen LogP contribution in [0.15, 0.2) is 42.7 Å². The van der Waals surface area contributed by atoms with Crippen molar-refractivity contribution in [2.75, 3.05) is 19.0 Å². The van der Waals surface area contributed by atoms with Crippen molar-refractivity contribution in [3.8, 4) is 0 Å². The lowest BCUT2D eigenvalue weighted by atomic mass is 9.85. The zero-order valence-corrected chi connectivity index (χ0v) is 13.3. The minimum atomic E-state index is -0.140. The molecule has 0 radical (unpaired) electrons. The first kappa shape index (κ1) is 15.4. The summed E-state index contributed by atoms with van der Waals surface area (Å²) in [7, 11) is 1.60. The van der Waals surface area contributed by atoms with E-state index in [-0.39, 0.29) is 12.1 Å². The Kier molecular flexibility index (Phi) is 4.52. The van der Waals surface area contributed by atoms with Gasteiger partial charge in [-0.05, 0) is 11.5 Å². The minimum Gasteiger partial charge on any atom is -0.378 e. The van der Waals surface area contributed by atoms with E-state index < -0.39 is 0 Å². The second kappa shape index (κ2) is 6.75. The molecule has 3 rings (SSSR count). The molecule has 0 unspecified atom stereocenters. The molecule has 1 N–H and O–H groups in total. The molecule has 1 aliphatic rings. The molecule has 23 heavy (non-hydrogen) atoms. The molecule has 1 aliphatic heterocycles. The fourth-order valence-corrected chi connectivity index (χ4v) is 2.93. The number of ether oxygens (including phenoxy) is 1. The Labute approximate surface area is 135 Å². The van der Waals surface area contributed by atoms with Crippen LogP contribution in [0.1, 0.15) is 24.2 Å². The molecule has 0 saturated carbocycles. The lowest BCUT2D eigenvalue weighted by Gasteiger charge is -2.46. The molecule has 6 nitrogen and oxygen atoms in total. The number of hydrogen-bond acceptors (Lipinski definition) is 4. The summed E-state index contributed by atoms with van der Waals surface area (Å²) in [6.07, 6.45) is 1.43. The van der Waals surface area contributed by atoms with E-state index in [1.165, 1.54) is 6.33 Å². The maximum absolute atomic E-state index is 12.5. The molecule has 2 amide bonds. The summed E-state index contributed by atoms with van der Waals surface area (Å²) in [5.74, 6) is 0.931. The fraction of sp³-hybridized carbons (Fsp3) is 0.353. The number of carbonyl (C=O) groups is 1. The molecule has 1 fully saturated rings. The maximum Gasteiger partial charge on any atom is 0.323 e. The molecule has 6 heteroatoms. The predicted octanol–water partition coefficient (Wildman–Crippen LogP) is 2.85. The average molecular weight is 312 g/mol. The number of nitrogens with zero attached hydrogens (tertiary/aromatic N) is 3. The SMILES string of the molecule is COCc1cc(NC(=O)N2C[C@@H](C)[C@H]2c2ccccc2)ncn1. The molecule has 0 spiro atoms. The number of aromatic nitrogens is 2. The van der Waals surface area contributed by atoms with Gasteiger partial charge in [0.25, 0.3) is 0 Å². The summed E-state index contributed by atoms with van der Waals surface area (Å²) in [6.45, 7) is 3.28. The van der Waals surface area contributed by atoms with Crippen LogP contribution in [-0.4, -0.2) is 34.6 Å². The summed E-state index contributed by atoms with van der Waals surface area (Å²) in [6, 6.07) is 11.8. The van der Waals surface area contributed by atoms with E-state index >= 15 is 0 Å². The second-order valence-electron chi connectivity index (χ2n) is 5.74. The lowest BCUT2D eigenvalue weighted by Crippen LogP contribution is -2.53. The van der Waals surface area contributed by atoms with Crippen molar-refractivity contribution in [1.82, 2.24) is 14.9 Å². The number of likely N-dealkylation sites (tertiary alicyclic amines) is 1. The van der Waals surface area contributed by atoms with E-state index in [0.717, 1.165) is 17.8 Å². The maximum atomic E-state index is 12.5. The van der Waals surface area contributed by atoms with Crippen LogP contribution in [0, 0.1) is 5.92 Å². The van der Waals surface area contributed by atoms with E-state index in [1.54, 1.807) is 13.2 Å². The zero-order chi connectivity index (χ0) is 16.2. The second-order valence-corrected chi connectivity index (χ2v) is 5.74. The highest BCUT2D eigenvalue weighted by Crippen LogP contribution is 2.38. The Hall–Kier alpha value is -2.47. The Morgan fingerprint density at radius 2 is 2.13 bits per heavy atom. The third-order valence-corrected chi connectivity index (χ3v) is 4.01. The van der Waals surface area contributed by atoms with Gasteiger partial charge in [-0.2, -0.15) is 0 Å². The first-order valence-electron chi connectivity index (χ1n) is 7.61. The average Bonchev–Trinajstić information content (AvgIpc) is 2.54. The van der Waals surface area contributed by atoms with Gasteiger partial charge in [0.15, 0.2) is 0 Å². The number of benzene rings is 1. The zero-order valence-electron chi connectivity index (χ0n) is 13.3. The fourth-order valence-electron chi connectivity index (χ4n) is 2.93. The van der Waals surface area contributed by atoms with Gasteiger partial charge >= 0.3 is 6.03 Å². The highest BCUT2D eigenvalue weighted by molar-refractivity contribution is 5.89. The lowest BCUT2D eigenvalue weighted by molar-refractivity contribution is 0.0670. The molecular weight excluding hydrogens is 292 g/mol. The summed E-state index contributed by atoms with van der Waals surface area (Å²) < 4.78 is 5.04. The largest absolute Gasteiger partial charge is 0.378 e. The molecule has 0 bridgehead atoms. The molecule has 1 aromatic heterocycles. The molecule has 0 aliphatic carbocycles. The Morgan fingerprint density at radius 3 is 2.83 bits per heavy atom. The van der Waals surface area contributed by atoms with Crippen LogP contribution in [0.4, 0.5) is 10.6 Å². The standard InChI is InChI=1S/C17H20N4O2/c1-12-9-21(16(12)13-6-4-3-5-7-13)17(22)20-15-8-14(10-23-2)18-11-19-15/h3-8,11-12,16H,9-10H2,1-2H3,(H,18,19,20,22)/t12-,16+/m1/s1. The van der Waals surface area contributed by atoms with Crippen molar-refractivity contribution in [2.24, 2.45) is 5.92 Å². The minimum absolute atomic E-state index is 0.108. The van der Waals surface area contributed by atoms with Crippen molar-refractivity contribution in [2.45, 2.75) is 19.6 Å². The highest BCUT2D eigenvalue weighted by atomic mass is 16.5. The summed E-state index contributed by atoms with van der Waals surface area (Å²) in [5, 5.41) is 2.84. The number of methoxy groups -OCH3 is 1. The van der Waals surface area contributed by atoms with Gasteiger partial charge in [0, 0.05) is 19.7 Å². The van der Waals surface area contributed by atoms with Gasteiger partial charge in [-0.25, -0.2) is 14.8 Å². The van der Waals surface area contributed by atoms with Crippen LogP contribution in [0.5, 0.6) is 0 Å². The van der Waals surface area contributed by atoms with E-state index in [1.807, 2.05) is 23.1 Å².